The highest BCUT2D eigenvalue weighted by molar-refractivity contribution is 14.1. The average molecular weight is 650 g/mol. The van der Waals surface area contributed by atoms with Crippen molar-refractivity contribution in [2.24, 2.45) is 4.99 Å². The van der Waals surface area contributed by atoms with Crippen molar-refractivity contribution >= 4 is 85.8 Å². The van der Waals surface area contributed by atoms with Crippen LogP contribution in [0.15, 0.2) is 46.3 Å². The highest BCUT2D eigenvalue weighted by atomic mass is 127. The summed E-state index contributed by atoms with van der Waals surface area (Å²) in [6, 6.07) is 11.2. The molecule has 2 aromatic carbocycles. The number of benzene rings is 2. The zero-order chi connectivity index (χ0) is 21.7. The van der Waals surface area contributed by atoms with Crippen molar-refractivity contribution in [2.45, 2.75) is 6.92 Å². The minimum absolute atomic E-state index is 0.233. The molecule has 1 heterocycles. The van der Waals surface area contributed by atoms with Crippen LogP contribution in [0.25, 0.3) is 6.08 Å². The summed E-state index contributed by atoms with van der Waals surface area (Å²) in [4.78, 5) is 28.2. The fourth-order valence-electron chi connectivity index (χ4n) is 2.47. The van der Waals surface area contributed by atoms with Crippen molar-refractivity contribution in [3.63, 3.8) is 0 Å². The van der Waals surface area contributed by atoms with E-state index < -0.39 is 12.6 Å². The van der Waals surface area contributed by atoms with Gasteiger partial charge in [-0.05, 0) is 112 Å². The van der Waals surface area contributed by atoms with Crippen LogP contribution in [0.3, 0.4) is 0 Å². The van der Waals surface area contributed by atoms with Gasteiger partial charge in [-0.15, -0.1) is 0 Å². The van der Waals surface area contributed by atoms with Crippen LogP contribution in [0.5, 0.6) is 11.5 Å². The van der Waals surface area contributed by atoms with Crippen LogP contribution in [0, 0.1) is 7.14 Å². The van der Waals surface area contributed by atoms with E-state index in [0.717, 1.165) is 14.8 Å². The maximum absolute atomic E-state index is 12.4. The lowest BCUT2D eigenvalue weighted by atomic mass is 10.2. The molecule has 0 spiro atoms. The minimum Gasteiger partial charge on any atom is -0.490 e. The molecule has 1 aliphatic rings. The van der Waals surface area contributed by atoms with Crippen molar-refractivity contribution in [3.8, 4) is 11.5 Å². The van der Waals surface area contributed by atoms with Gasteiger partial charge in [0, 0.05) is 3.57 Å². The number of carbonyl (C=O) groups is 2. The summed E-state index contributed by atoms with van der Waals surface area (Å²) in [5.74, 6) is -0.512. The van der Waals surface area contributed by atoms with E-state index in [1.165, 1.54) is 11.8 Å². The molecule has 2 N–H and O–H groups in total. The first-order chi connectivity index (χ1) is 14.4. The largest absolute Gasteiger partial charge is 0.490 e. The second-order valence-corrected chi connectivity index (χ2v) is 9.34. The maximum atomic E-state index is 12.4. The van der Waals surface area contributed by atoms with Gasteiger partial charge < -0.3 is 19.9 Å². The van der Waals surface area contributed by atoms with Gasteiger partial charge in [0.05, 0.1) is 20.8 Å². The number of rotatable bonds is 7. The average Bonchev–Trinajstić information content (AvgIpc) is 3.02. The zero-order valence-electron chi connectivity index (χ0n) is 15.6. The number of halogens is 2. The lowest BCUT2D eigenvalue weighted by Gasteiger charge is -2.13. The second-order valence-electron chi connectivity index (χ2n) is 5.90. The molecule has 1 amide bonds. The molecule has 1 fully saturated rings. The molecule has 1 aliphatic heterocycles. The van der Waals surface area contributed by atoms with Gasteiger partial charge in [0.25, 0.3) is 5.91 Å². The predicted octanol–water partition coefficient (Wildman–Crippen LogP) is 4.65. The fraction of sp³-hybridized carbons (Fsp3) is 0.150. The van der Waals surface area contributed by atoms with Gasteiger partial charge >= 0.3 is 5.97 Å². The van der Waals surface area contributed by atoms with E-state index in [0.29, 0.717) is 31.7 Å². The van der Waals surface area contributed by atoms with Crippen LogP contribution in [-0.4, -0.2) is 35.4 Å². The Morgan fingerprint density at radius 1 is 1.23 bits per heavy atom. The monoisotopic (exact) mass is 650 g/mol. The fourth-order valence-corrected chi connectivity index (χ4v) is 4.46. The predicted molar refractivity (Wildman–Crippen MR) is 133 cm³/mol. The van der Waals surface area contributed by atoms with E-state index in [1.54, 1.807) is 18.2 Å². The third-order valence-electron chi connectivity index (χ3n) is 3.68. The number of nitrogens with one attached hydrogen (secondary N) is 1. The van der Waals surface area contributed by atoms with Gasteiger partial charge in [0.15, 0.2) is 23.3 Å². The van der Waals surface area contributed by atoms with Crippen molar-refractivity contribution in [3.05, 3.63) is 54.0 Å². The molecule has 2 aromatic rings. The van der Waals surface area contributed by atoms with Crippen LogP contribution in [0.4, 0.5) is 5.69 Å². The molecule has 1 saturated heterocycles. The summed E-state index contributed by atoms with van der Waals surface area (Å²) in [6.07, 6.45) is 1.74. The van der Waals surface area contributed by atoms with Gasteiger partial charge in [-0.1, -0.05) is 0 Å². The van der Waals surface area contributed by atoms with Crippen molar-refractivity contribution < 1.29 is 24.2 Å². The summed E-state index contributed by atoms with van der Waals surface area (Å²) >= 11 is 5.53. The summed E-state index contributed by atoms with van der Waals surface area (Å²) in [6.45, 7) is 1.75. The Balaban J connectivity index is 1.85. The van der Waals surface area contributed by atoms with Gasteiger partial charge in [-0.3, -0.25) is 4.79 Å². The Hall–Kier alpha value is -1.80. The molecule has 156 valence electrons. The molecule has 3 rings (SSSR count). The van der Waals surface area contributed by atoms with Gasteiger partial charge in [-0.2, -0.15) is 0 Å². The van der Waals surface area contributed by atoms with Crippen LogP contribution >= 0.6 is 56.9 Å². The number of amides is 1. The number of carboxylic acid groups (broad SMARTS) is 1. The molecule has 0 atom stereocenters. The highest BCUT2D eigenvalue weighted by Gasteiger charge is 2.24. The van der Waals surface area contributed by atoms with Crippen LogP contribution < -0.4 is 14.8 Å². The molecule has 30 heavy (non-hydrogen) atoms. The topological polar surface area (TPSA) is 97.2 Å². The number of thioether (sulfide) groups is 1. The number of amidine groups is 1. The van der Waals surface area contributed by atoms with E-state index in [9.17, 15) is 9.59 Å². The van der Waals surface area contributed by atoms with E-state index in [-0.39, 0.29) is 5.91 Å². The summed E-state index contributed by atoms with van der Waals surface area (Å²) in [7, 11) is 0. The van der Waals surface area contributed by atoms with Crippen molar-refractivity contribution in [2.75, 3.05) is 13.2 Å². The van der Waals surface area contributed by atoms with E-state index in [2.05, 4.69) is 55.5 Å². The van der Waals surface area contributed by atoms with Gasteiger partial charge in [0.1, 0.15) is 0 Å². The zero-order valence-corrected chi connectivity index (χ0v) is 20.8. The molecule has 0 aromatic heterocycles. The molecule has 0 unspecified atom stereocenters. The molecular weight excluding hydrogens is 634 g/mol. The smallest absolute Gasteiger partial charge is 0.341 e. The first-order valence-electron chi connectivity index (χ1n) is 8.71. The van der Waals surface area contributed by atoms with Crippen molar-refractivity contribution in [1.29, 1.82) is 0 Å². The molecular formula is C20H16I2N2O5S. The van der Waals surface area contributed by atoms with Gasteiger partial charge in [0.2, 0.25) is 0 Å². The third kappa shape index (κ3) is 6.11. The molecule has 7 nitrogen and oxygen atoms in total. The number of aliphatic imine (C=N–C) groups is 1. The number of hydrogen-bond donors (Lipinski definition) is 2. The quantitative estimate of drug-likeness (QED) is 0.335. The van der Waals surface area contributed by atoms with Crippen LogP contribution in [0.2, 0.25) is 0 Å². The third-order valence-corrected chi connectivity index (χ3v) is 6.11. The van der Waals surface area contributed by atoms with Crippen molar-refractivity contribution in [1.82, 2.24) is 5.32 Å². The number of carboxylic acids is 1. The lowest BCUT2D eigenvalue weighted by molar-refractivity contribution is -0.139. The molecule has 0 saturated carbocycles. The number of aliphatic carboxylic acids is 1. The Bertz CT molecular complexity index is 1040. The summed E-state index contributed by atoms with van der Waals surface area (Å²) < 4.78 is 12.8. The normalized spacial score (nSPS) is 16.0. The lowest BCUT2D eigenvalue weighted by Crippen LogP contribution is -2.19. The van der Waals surface area contributed by atoms with Gasteiger partial charge in [-0.25, -0.2) is 9.79 Å². The van der Waals surface area contributed by atoms with Crippen LogP contribution in [-0.2, 0) is 9.59 Å². The maximum Gasteiger partial charge on any atom is 0.341 e. The highest BCUT2D eigenvalue weighted by Crippen LogP contribution is 2.36. The second kappa shape index (κ2) is 10.5. The molecule has 0 radical (unpaired) electrons. The Kier molecular flexibility index (Phi) is 7.99. The number of ether oxygens (including phenoxy) is 2. The minimum atomic E-state index is -1.07. The molecule has 0 aliphatic carbocycles. The standard InChI is InChI=1S/C20H16I2N2O5S/c1-2-28-15-8-11(7-14(22)18(15)29-10-17(25)26)9-16-19(27)24-20(30-16)23-13-5-3-12(21)4-6-13/h3-9H,2,10H2,1H3,(H,25,26)(H,23,24,27)/b16-9+. The Labute approximate surface area is 204 Å². The number of hydrogen-bond acceptors (Lipinski definition) is 6. The molecule has 0 bridgehead atoms. The van der Waals surface area contributed by atoms with E-state index in [4.69, 9.17) is 14.6 Å². The summed E-state index contributed by atoms with van der Waals surface area (Å²) in [5.41, 5.74) is 1.49. The van der Waals surface area contributed by atoms with Crippen LogP contribution in [0.1, 0.15) is 12.5 Å². The first-order valence-corrected chi connectivity index (χ1v) is 11.7. The Morgan fingerprint density at radius 2 is 1.97 bits per heavy atom. The number of nitrogens with zero attached hydrogens (tertiary/aromatic N) is 1. The van der Waals surface area contributed by atoms with E-state index in [1.807, 2.05) is 31.2 Å². The SMILES string of the molecule is CCOc1cc(/C=C2/SC(=Nc3ccc(I)cc3)NC2=O)cc(I)c1OCC(=O)O. The Morgan fingerprint density at radius 3 is 2.63 bits per heavy atom. The summed E-state index contributed by atoms with van der Waals surface area (Å²) in [5, 5.41) is 12.1. The number of carbonyl (C=O) groups excluding carboxylic acids is 1. The first kappa shape index (κ1) is 22.9. The van der Waals surface area contributed by atoms with E-state index >= 15 is 0 Å². The molecule has 10 heteroatoms.